The maximum atomic E-state index is 12.6. The first-order chi connectivity index (χ1) is 9.96. The van der Waals surface area contributed by atoms with Crippen LogP contribution < -0.4 is 0 Å². The summed E-state index contributed by atoms with van der Waals surface area (Å²) in [5.41, 5.74) is -1.15. The van der Waals surface area contributed by atoms with Gasteiger partial charge in [0.1, 0.15) is 17.6 Å². The predicted octanol–water partition coefficient (Wildman–Crippen LogP) is 1.90. The molecule has 2 aromatic heterocycles. The molecule has 0 fully saturated rings. The van der Waals surface area contributed by atoms with Crippen molar-refractivity contribution in [2.24, 2.45) is 0 Å². The van der Waals surface area contributed by atoms with E-state index in [2.05, 4.69) is 4.98 Å². The predicted molar refractivity (Wildman–Crippen MR) is 73.4 cm³/mol. The lowest BCUT2D eigenvalue weighted by atomic mass is 10.0. The largest absolute Gasteiger partial charge is 0.467 e. The molecule has 2 heterocycles. The molecule has 1 amide bonds. The van der Waals surface area contributed by atoms with Crippen molar-refractivity contribution in [3.63, 3.8) is 0 Å². The van der Waals surface area contributed by atoms with Crippen LogP contribution in [0.3, 0.4) is 0 Å². The summed E-state index contributed by atoms with van der Waals surface area (Å²) in [5.74, 6) is 0.0583. The fourth-order valence-corrected chi connectivity index (χ4v) is 1.93. The second kappa shape index (κ2) is 5.82. The van der Waals surface area contributed by atoms with Gasteiger partial charge in [-0.15, -0.1) is 0 Å². The summed E-state index contributed by atoms with van der Waals surface area (Å²) in [7, 11) is 1.29. The number of imidazole rings is 1. The average Bonchev–Trinajstić information content (AvgIpc) is 3.15. The van der Waals surface area contributed by atoms with Gasteiger partial charge in [-0.1, -0.05) is 0 Å². The summed E-state index contributed by atoms with van der Waals surface area (Å²) in [6.45, 7) is 3.39. The number of amides is 1. The Labute approximate surface area is 122 Å². The van der Waals surface area contributed by atoms with Gasteiger partial charge in [0.15, 0.2) is 0 Å². The highest BCUT2D eigenvalue weighted by atomic mass is 16.5. The van der Waals surface area contributed by atoms with E-state index >= 15 is 0 Å². The third-order valence-electron chi connectivity index (χ3n) is 3.21. The summed E-state index contributed by atoms with van der Waals surface area (Å²) < 4.78 is 11.4. The molecule has 7 nitrogen and oxygen atoms in total. The van der Waals surface area contributed by atoms with Gasteiger partial charge in [0.25, 0.3) is 0 Å². The average molecular weight is 291 g/mol. The van der Waals surface area contributed by atoms with Gasteiger partial charge in [-0.05, 0) is 26.0 Å². The number of rotatable bonds is 4. The van der Waals surface area contributed by atoms with Gasteiger partial charge >= 0.3 is 12.0 Å². The number of furan rings is 1. The number of carbonyl (C=O) groups is 2. The number of ether oxygens (including phenoxy) is 1. The molecule has 0 saturated carbocycles. The summed E-state index contributed by atoms with van der Waals surface area (Å²) in [4.78, 5) is 29.8. The molecule has 0 aromatic carbocycles. The van der Waals surface area contributed by atoms with E-state index in [1.54, 1.807) is 26.0 Å². The molecule has 0 N–H and O–H groups in total. The van der Waals surface area contributed by atoms with Crippen molar-refractivity contribution in [1.29, 1.82) is 0 Å². The van der Waals surface area contributed by atoms with Gasteiger partial charge in [0, 0.05) is 12.4 Å². The minimum Gasteiger partial charge on any atom is -0.467 e. The van der Waals surface area contributed by atoms with Crippen molar-refractivity contribution in [2.45, 2.75) is 25.9 Å². The third-order valence-corrected chi connectivity index (χ3v) is 3.21. The molecule has 21 heavy (non-hydrogen) atoms. The van der Waals surface area contributed by atoms with E-state index in [4.69, 9.17) is 9.15 Å². The zero-order valence-corrected chi connectivity index (χ0v) is 12.1. The Balaban J connectivity index is 2.34. The topological polar surface area (TPSA) is 77.6 Å². The van der Waals surface area contributed by atoms with E-state index in [0.717, 1.165) is 0 Å². The Kier molecular flexibility index (Phi) is 4.11. The summed E-state index contributed by atoms with van der Waals surface area (Å²) in [5, 5.41) is 0. The van der Waals surface area contributed by atoms with Gasteiger partial charge in [-0.25, -0.2) is 14.6 Å². The van der Waals surface area contributed by atoms with Gasteiger partial charge in [0.05, 0.1) is 19.9 Å². The Morgan fingerprint density at radius 1 is 1.48 bits per heavy atom. The molecular weight excluding hydrogens is 274 g/mol. The van der Waals surface area contributed by atoms with E-state index in [1.807, 2.05) is 0 Å². The molecule has 0 aliphatic rings. The molecule has 0 atom stereocenters. The molecule has 2 aromatic rings. The molecule has 112 valence electrons. The smallest absolute Gasteiger partial charge is 0.331 e. The van der Waals surface area contributed by atoms with Crippen LogP contribution in [0.1, 0.15) is 19.6 Å². The fraction of sp³-hybridized carbons (Fsp3) is 0.357. The summed E-state index contributed by atoms with van der Waals surface area (Å²) in [6, 6.07) is 3.07. The molecule has 0 radical (unpaired) electrons. The molecule has 0 spiro atoms. The standard InChI is InChI=1S/C14H17N3O4/c1-14(2,12(18)20-3)17(9-11-5-4-8-21-11)13(19)16-7-6-15-10-16/h4-8,10H,9H2,1-3H3. The maximum absolute atomic E-state index is 12.6. The quantitative estimate of drug-likeness (QED) is 0.804. The van der Waals surface area contributed by atoms with Crippen LogP contribution >= 0.6 is 0 Å². The SMILES string of the molecule is COC(=O)C(C)(C)N(Cc1ccco1)C(=O)n1ccnc1. The molecule has 7 heteroatoms. The van der Waals surface area contributed by atoms with Crippen molar-refractivity contribution in [3.8, 4) is 0 Å². The maximum Gasteiger partial charge on any atom is 0.331 e. The fourth-order valence-electron chi connectivity index (χ4n) is 1.93. The monoisotopic (exact) mass is 291 g/mol. The van der Waals surface area contributed by atoms with Crippen LogP contribution in [-0.2, 0) is 16.1 Å². The highest BCUT2D eigenvalue weighted by Gasteiger charge is 2.40. The molecule has 0 aliphatic carbocycles. The number of methoxy groups -OCH3 is 1. The molecule has 0 unspecified atom stereocenters. The van der Waals surface area contributed by atoms with E-state index < -0.39 is 11.5 Å². The Morgan fingerprint density at radius 3 is 2.76 bits per heavy atom. The summed E-state index contributed by atoms with van der Waals surface area (Å²) in [6.07, 6.45) is 5.91. The van der Waals surface area contributed by atoms with Crippen molar-refractivity contribution in [2.75, 3.05) is 7.11 Å². The van der Waals surface area contributed by atoms with E-state index in [1.165, 1.54) is 41.6 Å². The van der Waals surface area contributed by atoms with Crippen LogP contribution in [0.2, 0.25) is 0 Å². The molecule has 0 bridgehead atoms. The first-order valence-electron chi connectivity index (χ1n) is 6.37. The Morgan fingerprint density at radius 2 is 2.24 bits per heavy atom. The number of hydrogen-bond acceptors (Lipinski definition) is 5. The Hall–Kier alpha value is -2.57. The van der Waals surface area contributed by atoms with Gasteiger partial charge in [-0.2, -0.15) is 0 Å². The lowest BCUT2D eigenvalue weighted by Crippen LogP contribution is -2.54. The molecule has 2 rings (SSSR count). The van der Waals surface area contributed by atoms with Crippen molar-refractivity contribution < 1.29 is 18.7 Å². The van der Waals surface area contributed by atoms with Crippen LogP contribution in [-0.4, -0.2) is 39.1 Å². The van der Waals surface area contributed by atoms with Crippen LogP contribution in [0, 0.1) is 0 Å². The van der Waals surface area contributed by atoms with E-state index in [0.29, 0.717) is 5.76 Å². The van der Waals surface area contributed by atoms with E-state index in [9.17, 15) is 9.59 Å². The van der Waals surface area contributed by atoms with Gasteiger partial charge in [-0.3, -0.25) is 4.57 Å². The number of esters is 1. The van der Waals surface area contributed by atoms with Gasteiger partial charge in [0.2, 0.25) is 0 Å². The molecular formula is C14H17N3O4. The number of hydrogen-bond donors (Lipinski definition) is 0. The van der Waals surface area contributed by atoms with Crippen molar-refractivity contribution in [3.05, 3.63) is 42.9 Å². The van der Waals surface area contributed by atoms with Crippen molar-refractivity contribution in [1.82, 2.24) is 14.5 Å². The lowest BCUT2D eigenvalue weighted by Gasteiger charge is -2.35. The first-order valence-corrected chi connectivity index (χ1v) is 6.37. The van der Waals surface area contributed by atoms with Crippen LogP contribution in [0.5, 0.6) is 0 Å². The second-order valence-electron chi connectivity index (χ2n) is 4.97. The highest BCUT2D eigenvalue weighted by molar-refractivity contribution is 5.87. The van der Waals surface area contributed by atoms with Crippen LogP contribution in [0.4, 0.5) is 4.79 Å². The normalized spacial score (nSPS) is 11.2. The number of aromatic nitrogens is 2. The zero-order valence-electron chi connectivity index (χ0n) is 12.1. The van der Waals surface area contributed by atoms with Crippen LogP contribution in [0.25, 0.3) is 0 Å². The number of nitrogens with zero attached hydrogens (tertiary/aromatic N) is 3. The van der Waals surface area contributed by atoms with Crippen LogP contribution in [0.15, 0.2) is 41.5 Å². The van der Waals surface area contributed by atoms with Gasteiger partial charge < -0.3 is 14.1 Å². The van der Waals surface area contributed by atoms with Crippen molar-refractivity contribution >= 4 is 12.0 Å². The van der Waals surface area contributed by atoms with E-state index in [-0.39, 0.29) is 12.6 Å². The molecule has 0 aliphatic heterocycles. The zero-order chi connectivity index (χ0) is 15.5. The minimum atomic E-state index is -1.15. The highest BCUT2D eigenvalue weighted by Crippen LogP contribution is 2.21. The minimum absolute atomic E-state index is 0.145. The first kappa shape index (κ1) is 14.8. The summed E-state index contributed by atoms with van der Waals surface area (Å²) >= 11 is 0. The second-order valence-corrected chi connectivity index (χ2v) is 4.97. The lowest BCUT2D eigenvalue weighted by molar-refractivity contribution is -0.151. The number of carbonyl (C=O) groups excluding carboxylic acids is 2. The third kappa shape index (κ3) is 2.96. The molecule has 0 saturated heterocycles. The Bertz CT molecular complexity index is 602.